The molecule has 4 rings (SSSR count). The largest absolute Gasteiger partial charge is 0.388 e. The molecular weight excluding hydrogens is 451 g/mol. The molecule has 1 saturated heterocycles. The van der Waals surface area contributed by atoms with Gasteiger partial charge in [0.2, 0.25) is 5.28 Å². The molecule has 14 heteroatoms. The van der Waals surface area contributed by atoms with Crippen LogP contribution in [0.2, 0.25) is 5.28 Å². The first-order chi connectivity index (χ1) is 14.8. The number of ether oxygens (including phenoxy) is 2. The summed E-state index contributed by atoms with van der Waals surface area (Å²) in [5.74, 6) is 0.430. The quantitative estimate of drug-likeness (QED) is 0.277. The third kappa shape index (κ3) is 5.36. The van der Waals surface area contributed by atoms with Crippen molar-refractivity contribution in [3.8, 4) is 0 Å². The fourth-order valence-corrected chi connectivity index (χ4v) is 3.78. The molecule has 1 aliphatic heterocycles. The van der Waals surface area contributed by atoms with Gasteiger partial charge in [-0.1, -0.05) is 0 Å². The molecule has 0 amide bonds. The summed E-state index contributed by atoms with van der Waals surface area (Å²) in [7, 11) is -4.27. The minimum absolute atomic E-state index is 0.000456. The standard InChI is InChI=1S/C17H20ClN6O6P/c18-17-22-14(20-6-10-1-3-19-4-2-10)13-15(23-17)24(8-21-13)16-12(25)5-11(30-16)7-29-9-31(26,27)28/h1-4,8,11-12,16,25H,5-7,9H2,(H,20,22,23)(H2,26,27,28)/t11-,12+,16+/m0/s1. The van der Waals surface area contributed by atoms with Crippen molar-refractivity contribution in [1.29, 1.82) is 0 Å². The van der Waals surface area contributed by atoms with E-state index in [1.54, 1.807) is 17.0 Å². The monoisotopic (exact) mass is 470 g/mol. The SMILES string of the molecule is O=P(O)(O)COC[C@@H]1C[C@@H](O)[C@H](n2cnc3c(NCc4ccncc4)nc(Cl)nc32)O1. The molecule has 3 atom stereocenters. The van der Waals surface area contributed by atoms with Crippen LogP contribution >= 0.6 is 19.2 Å². The molecule has 1 fully saturated rings. The third-order valence-electron chi connectivity index (χ3n) is 4.61. The fourth-order valence-electron chi connectivity index (χ4n) is 3.28. The van der Waals surface area contributed by atoms with Gasteiger partial charge in [0.1, 0.15) is 12.5 Å². The minimum Gasteiger partial charge on any atom is -0.388 e. The van der Waals surface area contributed by atoms with Crippen molar-refractivity contribution in [2.24, 2.45) is 0 Å². The number of imidazole rings is 1. The molecule has 4 N–H and O–H groups in total. The van der Waals surface area contributed by atoms with Crippen LogP contribution in [0, 0.1) is 0 Å². The zero-order valence-electron chi connectivity index (χ0n) is 16.1. The molecule has 0 radical (unpaired) electrons. The number of pyridine rings is 1. The summed E-state index contributed by atoms with van der Waals surface area (Å²) in [5, 5.41) is 13.6. The van der Waals surface area contributed by atoms with Crippen LogP contribution in [0.5, 0.6) is 0 Å². The third-order valence-corrected chi connectivity index (χ3v) is 5.29. The summed E-state index contributed by atoms with van der Waals surface area (Å²) in [6.07, 6.45) is 2.09. The second kappa shape index (κ2) is 9.13. The fraction of sp³-hybridized carbons (Fsp3) is 0.412. The number of anilines is 1. The Labute approximate surface area is 181 Å². The van der Waals surface area contributed by atoms with Crippen LogP contribution in [0.25, 0.3) is 11.2 Å². The normalized spacial score (nSPS) is 21.6. The maximum atomic E-state index is 10.9. The molecule has 3 aromatic heterocycles. The van der Waals surface area contributed by atoms with Crippen LogP contribution in [0.1, 0.15) is 18.2 Å². The molecule has 3 aromatic rings. The number of hydrogen-bond acceptors (Lipinski definition) is 9. The zero-order valence-corrected chi connectivity index (χ0v) is 17.7. The molecule has 1 aliphatic rings. The van der Waals surface area contributed by atoms with E-state index in [9.17, 15) is 9.67 Å². The number of rotatable bonds is 8. The lowest BCUT2D eigenvalue weighted by Crippen LogP contribution is -2.19. The Morgan fingerprint density at radius 2 is 2.10 bits per heavy atom. The molecule has 0 bridgehead atoms. The van der Waals surface area contributed by atoms with Crippen LogP contribution in [0.3, 0.4) is 0 Å². The molecular formula is C17H20ClN6O6P. The van der Waals surface area contributed by atoms with Crippen LogP contribution in [0.15, 0.2) is 30.9 Å². The number of aliphatic hydroxyl groups excluding tert-OH is 1. The highest BCUT2D eigenvalue weighted by Gasteiger charge is 2.37. The van der Waals surface area contributed by atoms with E-state index in [2.05, 4.69) is 25.3 Å². The van der Waals surface area contributed by atoms with Gasteiger partial charge in [-0.3, -0.25) is 14.1 Å². The van der Waals surface area contributed by atoms with E-state index in [0.29, 0.717) is 23.5 Å². The first kappa shape index (κ1) is 22.0. The van der Waals surface area contributed by atoms with Gasteiger partial charge in [-0.2, -0.15) is 9.97 Å². The summed E-state index contributed by atoms with van der Waals surface area (Å²) in [5.41, 5.74) is 1.82. The molecule has 166 valence electrons. The molecule has 12 nitrogen and oxygen atoms in total. The van der Waals surface area contributed by atoms with Gasteiger partial charge >= 0.3 is 7.60 Å². The van der Waals surface area contributed by atoms with Gasteiger partial charge in [0.15, 0.2) is 23.2 Å². The average molecular weight is 471 g/mol. The van der Waals surface area contributed by atoms with Crippen molar-refractivity contribution in [2.45, 2.75) is 31.4 Å². The average Bonchev–Trinajstić information content (AvgIpc) is 3.29. The van der Waals surface area contributed by atoms with Gasteiger partial charge in [0, 0.05) is 25.4 Å². The topological polar surface area (TPSA) is 165 Å². The van der Waals surface area contributed by atoms with Crippen molar-refractivity contribution < 1.29 is 28.9 Å². The van der Waals surface area contributed by atoms with Gasteiger partial charge in [-0.15, -0.1) is 0 Å². The van der Waals surface area contributed by atoms with Crippen molar-refractivity contribution in [1.82, 2.24) is 24.5 Å². The van der Waals surface area contributed by atoms with Crippen LogP contribution in [-0.4, -0.2) is 64.6 Å². The Balaban J connectivity index is 1.51. The van der Waals surface area contributed by atoms with Crippen LogP contribution in [0.4, 0.5) is 5.82 Å². The van der Waals surface area contributed by atoms with E-state index in [-0.39, 0.29) is 18.3 Å². The molecule has 4 heterocycles. The maximum Gasteiger partial charge on any atom is 0.350 e. The van der Waals surface area contributed by atoms with Crippen molar-refractivity contribution in [3.05, 3.63) is 41.7 Å². The van der Waals surface area contributed by atoms with Gasteiger partial charge < -0.3 is 29.7 Å². The second-order valence-corrected chi connectivity index (χ2v) is 8.92. The summed E-state index contributed by atoms with van der Waals surface area (Å²) in [4.78, 5) is 34.5. The minimum atomic E-state index is -4.27. The van der Waals surface area contributed by atoms with E-state index < -0.39 is 32.4 Å². The predicted octanol–water partition coefficient (Wildman–Crippen LogP) is 1.29. The number of fused-ring (bicyclic) bond motifs is 1. The Hall–Kier alpha value is -2.18. The predicted molar refractivity (Wildman–Crippen MR) is 109 cm³/mol. The maximum absolute atomic E-state index is 10.9. The summed E-state index contributed by atoms with van der Waals surface area (Å²) in [6, 6.07) is 3.73. The summed E-state index contributed by atoms with van der Waals surface area (Å²) in [6.45, 7) is 0.402. The summed E-state index contributed by atoms with van der Waals surface area (Å²) >= 11 is 6.11. The molecule has 0 saturated carbocycles. The number of halogens is 1. The number of aromatic nitrogens is 5. The first-order valence-corrected chi connectivity index (χ1v) is 11.5. The van der Waals surface area contributed by atoms with E-state index in [0.717, 1.165) is 5.56 Å². The van der Waals surface area contributed by atoms with Gasteiger partial charge in [0.05, 0.1) is 19.0 Å². The van der Waals surface area contributed by atoms with E-state index in [1.165, 1.54) is 6.33 Å². The van der Waals surface area contributed by atoms with E-state index in [1.807, 2.05) is 12.1 Å². The smallest absolute Gasteiger partial charge is 0.350 e. The molecule has 0 spiro atoms. The number of aliphatic hydroxyl groups is 1. The van der Waals surface area contributed by atoms with Gasteiger partial charge in [-0.05, 0) is 29.3 Å². The summed E-state index contributed by atoms with van der Waals surface area (Å²) < 4.78 is 23.3. The van der Waals surface area contributed by atoms with Crippen LogP contribution in [-0.2, 0) is 20.6 Å². The highest BCUT2D eigenvalue weighted by atomic mass is 35.5. The zero-order chi connectivity index (χ0) is 22.0. The van der Waals surface area contributed by atoms with Gasteiger partial charge in [-0.25, -0.2) is 4.98 Å². The molecule has 0 aliphatic carbocycles. The molecule has 0 unspecified atom stereocenters. The van der Waals surface area contributed by atoms with Crippen molar-refractivity contribution in [2.75, 3.05) is 18.3 Å². The molecule has 31 heavy (non-hydrogen) atoms. The lowest BCUT2D eigenvalue weighted by Gasteiger charge is -2.17. The Kier molecular flexibility index (Phi) is 6.49. The second-order valence-electron chi connectivity index (χ2n) is 6.99. The van der Waals surface area contributed by atoms with Crippen molar-refractivity contribution >= 4 is 36.2 Å². The Morgan fingerprint density at radius 3 is 2.84 bits per heavy atom. The number of hydrogen-bond donors (Lipinski definition) is 4. The van der Waals surface area contributed by atoms with E-state index >= 15 is 0 Å². The highest BCUT2D eigenvalue weighted by molar-refractivity contribution is 7.51. The highest BCUT2D eigenvalue weighted by Crippen LogP contribution is 2.36. The van der Waals surface area contributed by atoms with Gasteiger partial charge in [0.25, 0.3) is 0 Å². The molecule has 0 aromatic carbocycles. The van der Waals surface area contributed by atoms with E-state index in [4.69, 9.17) is 30.9 Å². The van der Waals surface area contributed by atoms with Crippen molar-refractivity contribution in [3.63, 3.8) is 0 Å². The Bertz CT molecular complexity index is 1100. The van der Waals surface area contributed by atoms with Crippen LogP contribution < -0.4 is 5.32 Å². The lowest BCUT2D eigenvalue weighted by atomic mass is 10.2. The first-order valence-electron chi connectivity index (χ1n) is 9.29. The number of nitrogens with one attached hydrogen (secondary N) is 1. The Morgan fingerprint density at radius 1 is 1.32 bits per heavy atom. The lowest BCUT2D eigenvalue weighted by molar-refractivity contribution is -0.0567. The number of nitrogens with zero attached hydrogens (tertiary/aromatic N) is 5.